The van der Waals surface area contributed by atoms with Crippen molar-refractivity contribution in [1.82, 2.24) is 9.97 Å². The fourth-order valence-electron chi connectivity index (χ4n) is 2.19. The van der Waals surface area contributed by atoms with Gasteiger partial charge >= 0.3 is 0 Å². The third-order valence-corrected chi connectivity index (χ3v) is 4.12. The number of aryl methyl sites for hydroxylation is 2. The molecule has 3 aromatic rings. The maximum atomic E-state index is 6.27. The second kappa shape index (κ2) is 4.07. The molecule has 0 bridgehead atoms. The standard InChI is InChI=1S/C14H13N3S/c1-8-7-9(2)17-14-11(8)12(15)13(18-14)10-3-5-16-6-4-10/h3-7H,15H2,1-2H3. The van der Waals surface area contributed by atoms with Gasteiger partial charge in [-0.3, -0.25) is 4.98 Å². The SMILES string of the molecule is Cc1cc(C)c2c(N)c(-c3ccncc3)sc2n1. The van der Waals surface area contributed by atoms with E-state index in [4.69, 9.17) is 5.73 Å². The van der Waals surface area contributed by atoms with Crippen LogP contribution in [0.4, 0.5) is 5.69 Å². The van der Waals surface area contributed by atoms with Crippen molar-refractivity contribution >= 4 is 27.2 Å². The third kappa shape index (κ3) is 1.66. The lowest BCUT2D eigenvalue weighted by atomic mass is 10.1. The van der Waals surface area contributed by atoms with Gasteiger partial charge in [0.15, 0.2) is 0 Å². The number of nitrogens with zero attached hydrogens (tertiary/aromatic N) is 2. The Morgan fingerprint density at radius 2 is 1.89 bits per heavy atom. The van der Waals surface area contributed by atoms with Crippen LogP contribution in [0.15, 0.2) is 30.6 Å². The van der Waals surface area contributed by atoms with Gasteiger partial charge in [-0.25, -0.2) is 4.98 Å². The molecule has 0 amide bonds. The Morgan fingerprint density at radius 1 is 1.17 bits per heavy atom. The Balaban J connectivity index is 2.33. The fraction of sp³-hybridized carbons (Fsp3) is 0.143. The van der Waals surface area contributed by atoms with Gasteiger partial charge in [0.25, 0.3) is 0 Å². The molecule has 3 rings (SSSR count). The summed E-state index contributed by atoms with van der Waals surface area (Å²) in [6.07, 6.45) is 3.56. The van der Waals surface area contributed by atoms with Crippen LogP contribution in [0.2, 0.25) is 0 Å². The number of aromatic nitrogens is 2. The monoisotopic (exact) mass is 255 g/mol. The summed E-state index contributed by atoms with van der Waals surface area (Å²) < 4.78 is 0. The van der Waals surface area contributed by atoms with Crippen LogP contribution in [0, 0.1) is 13.8 Å². The Labute approximate surface area is 109 Å². The van der Waals surface area contributed by atoms with Crippen molar-refractivity contribution in [2.24, 2.45) is 0 Å². The molecule has 90 valence electrons. The van der Waals surface area contributed by atoms with Crippen molar-refractivity contribution in [2.75, 3.05) is 5.73 Å². The van der Waals surface area contributed by atoms with Gasteiger partial charge in [-0.15, -0.1) is 11.3 Å². The second-order valence-corrected chi connectivity index (χ2v) is 5.34. The predicted molar refractivity (Wildman–Crippen MR) is 76.7 cm³/mol. The largest absolute Gasteiger partial charge is 0.397 e. The zero-order valence-electron chi connectivity index (χ0n) is 10.3. The Kier molecular flexibility index (Phi) is 2.52. The van der Waals surface area contributed by atoms with Crippen molar-refractivity contribution in [3.8, 4) is 10.4 Å². The summed E-state index contributed by atoms with van der Waals surface area (Å²) in [5.74, 6) is 0. The van der Waals surface area contributed by atoms with E-state index in [9.17, 15) is 0 Å². The summed E-state index contributed by atoms with van der Waals surface area (Å²) in [6, 6.07) is 6.02. The third-order valence-electron chi connectivity index (χ3n) is 2.97. The Hall–Kier alpha value is -1.94. The van der Waals surface area contributed by atoms with Crippen LogP contribution >= 0.6 is 11.3 Å². The number of nitrogens with two attached hydrogens (primary N) is 1. The minimum absolute atomic E-state index is 0.825. The molecule has 0 fully saturated rings. The zero-order chi connectivity index (χ0) is 12.7. The Bertz CT molecular complexity index is 717. The molecule has 3 heterocycles. The molecule has 4 heteroatoms. The summed E-state index contributed by atoms with van der Waals surface area (Å²) in [6.45, 7) is 4.09. The van der Waals surface area contributed by atoms with Gasteiger partial charge in [0.05, 0.1) is 10.6 Å². The molecule has 3 nitrogen and oxygen atoms in total. The lowest BCUT2D eigenvalue weighted by molar-refractivity contribution is 1.25. The van der Waals surface area contributed by atoms with E-state index < -0.39 is 0 Å². The number of anilines is 1. The van der Waals surface area contributed by atoms with E-state index >= 15 is 0 Å². The molecule has 18 heavy (non-hydrogen) atoms. The fourth-order valence-corrected chi connectivity index (χ4v) is 3.41. The van der Waals surface area contributed by atoms with Crippen LogP contribution in [0.25, 0.3) is 20.7 Å². The second-order valence-electron chi connectivity index (χ2n) is 4.34. The van der Waals surface area contributed by atoms with Crippen LogP contribution in [-0.2, 0) is 0 Å². The highest BCUT2D eigenvalue weighted by atomic mass is 32.1. The summed E-state index contributed by atoms with van der Waals surface area (Å²) in [4.78, 5) is 10.7. The topological polar surface area (TPSA) is 51.8 Å². The lowest BCUT2D eigenvalue weighted by Crippen LogP contribution is -1.89. The summed E-state index contributed by atoms with van der Waals surface area (Å²) in [5.41, 5.74) is 10.4. The van der Waals surface area contributed by atoms with E-state index in [2.05, 4.69) is 23.0 Å². The molecule has 0 saturated heterocycles. The number of hydrogen-bond acceptors (Lipinski definition) is 4. The molecular weight excluding hydrogens is 242 g/mol. The highest BCUT2D eigenvalue weighted by Gasteiger charge is 2.14. The zero-order valence-corrected chi connectivity index (χ0v) is 11.1. The molecule has 2 N–H and O–H groups in total. The van der Waals surface area contributed by atoms with Gasteiger partial charge in [0.1, 0.15) is 4.83 Å². The molecule has 0 aliphatic rings. The van der Waals surface area contributed by atoms with Crippen molar-refractivity contribution in [2.45, 2.75) is 13.8 Å². The normalized spacial score (nSPS) is 11.0. The number of pyridine rings is 2. The number of hydrogen-bond donors (Lipinski definition) is 1. The van der Waals surface area contributed by atoms with Gasteiger partial charge in [-0.2, -0.15) is 0 Å². The van der Waals surface area contributed by atoms with E-state index in [1.807, 2.05) is 19.1 Å². The van der Waals surface area contributed by atoms with Crippen molar-refractivity contribution < 1.29 is 0 Å². The molecule has 3 aromatic heterocycles. The summed E-state index contributed by atoms with van der Waals surface area (Å²) in [7, 11) is 0. The van der Waals surface area contributed by atoms with E-state index in [-0.39, 0.29) is 0 Å². The van der Waals surface area contributed by atoms with Crippen LogP contribution in [0.3, 0.4) is 0 Å². The van der Waals surface area contributed by atoms with Gasteiger partial charge in [0, 0.05) is 23.5 Å². The molecule has 0 saturated carbocycles. The van der Waals surface area contributed by atoms with Gasteiger partial charge in [0.2, 0.25) is 0 Å². The van der Waals surface area contributed by atoms with E-state index in [0.717, 1.165) is 32.0 Å². The first kappa shape index (κ1) is 11.2. The molecule has 0 aliphatic heterocycles. The first-order valence-corrected chi connectivity index (χ1v) is 6.55. The van der Waals surface area contributed by atoms with Crippen LogP contribution in [-0.4, -0.2) is 9.97 Å². The smallest absolute Gasteiger partial charge is 0.126 e. The van der Waals surface area contributed by atoms with Crippen LogP contribution in [0.5, 0.6) is 0 Å². The molecular formula is C14H13N3S. The van der Waals surface area contributed by atoms with Crippen LogP contribution < -0.4 is 5.73 Å². The summed E-state index contributed by atoms with van der Waals surface area (Å²) >= 11 is 1.64. The quantitative estimate of drug-likeness (QED) is 0.723. The molecule has 0 aliphatic carbocycles. The minimum Gasteiger partial charge on any atom is -0.397 e. The first-order valence-electron chi connectivity index (χ1n) is 5.73. The maximum absolute atomic E-state index is 6.27. The predicted octanol–water partition coefficient (Wildman–Crippen LogP) is 3.56. The lowest BCUT2D eigenvalue weighted by Gasteiger charge is -2.00. The van der Waals surface area contributed by atoms with Gasteiger partial charge in [-0.1, -0.05) is 0 Å². The van der Waals surface area contributed by atoms with E-state index in [1.165, 1.54) is 5.56 Å². The molecule has 0 unspecified atom stereocenters. The average Bonchev–Trinajstić information content (AvgIpc) is 2.67. The Morgan fingerprint density at radius 3 is 2.61 bits per heavy atom. The molecule has 0 atom stereocenters. The van der Waals surface area contributed by atoms with Gasteiger partial charge < -0.3 is 5.73 Å². The number of thiophene rings is 1. The van der Waals surface area contributed by atoms with Gasteiger partial charge in [-0.05, 0) is 43.2 Å². The van der Waals surface area contributed by atoms with Crippen molar-refractivity contribution in [3.63, 3.8) is 0 Å². The number of rotatable bonds is 1. The minimum atomic E-state index is 0.825. The molecule has 0 radical (unpaired) electrons. The first-order chi connectivity index (χ1) is 8.66. The van der Waals surface area contributed by atoms with Crippen molar-refractivity contribution in [3.05, 3.63) is 41.9 Å². The number of nitrogen functional groups attached to an aromatic ring is 1. The van der Waals surface area contributed by atoms with Crippen LogP contribution in [0.1, 0.15) is 11.3 Å². The van der Waals surface area contributed by atoms with E-state index in [0.29, 0.717) is 0 Å². The number of fused-ring (bicyclic) bond motifs is 1. The van der Waals surface area contributed by atoms with Crippen molar-refractivity contribution in [1.29, 1.82) is 0 Å². The highest BCUT2D eigenvalue weighted by molar-refractivity contribution is 7.22. The average molecular weight is 255 g/mol. The molecule has 0 aromatic carbocycles. The highest BCUT2D eigenvalue weighted by Crippen LogP contribution is 2.41. The maximum Gasteiger partial charge on any atom is 0.126 e. The summed E-state index contributed by atoms with van der Waals surface area (Å²) in [5, 5.41) is 1.08. The molecule has 0 spiro atoms. The van der Waals surface area contributed by atoms with E-state index in [1.54, 1.807) is 23.7 Å².